The number of rotatable bonds is 4. The van der Waals surface area contributed by atoms with Crippen LogP contribution in [-0.2, 0) is 6.42 Å². The number of aromatic nitrogens is 1. The summed E-state index contributed by atoms with van der Waals surface area (Å²) >= 11 is 4.42. The molecule has 0 N–H and O–H groups in total. The Morgan fingerprint density at radius 2 is 1.68 bits per heavy atom. The molecular weight excluding hydrogens is 403 g/mol. The molecule has 1 heterocycles. The van der Waals surface area contributed by atoms with E-state index in [2.05, 4.69) is 89.3 Å². The number of aliphatic imine (C=N–C) groups is 1. The first kappa shape index (κ1) is 22.1. The molecule has 0 bridgehead atoms. The van der Waals surface area contributed by atoms with Crippen molar-refractivity contribution in [1.29, 1.82) is 0 Å². The van der Waals surface area contributed by atoms with E-state index < -0.39 is 5.82 Å². The van der Waals surface area contributed by atoms with Crippen LogP contribution < -0.4 is 0 Å². The highest BCUT2D eigenvalue weighted by Crippen LogP contribution is 2.21. The Morgan fingerprint density at radius 1 is 1.00 bits per heavy atom. The number of pyridine rings is 1. The predicted molar refractivity (Wildman–Crippen MR) is 127 cm³/mol. The molecule has 1 unspecified atom stereocenters. The van der Waals surface area contributed by atoms with Crippen LogP contribution >= 0.6 is 12.2 Å². The quantitative estimate of drug-likeness (QED) is 0.279. The average Bonchev–Trinajstić information content (AvgIpc) is 2.79. The van der Waals surface area contributed by atoms with Crippen LogP contribution in [0.1, 0.15) is 42.7 Å². The van der Waals surface area contributed by atoms with Crippen LogP contribution in [0.15, 0.2) is 65.8 Å². The minimum Gasteiger partial charge on any atom is -0.246 e. The molecule has 2 nitrogen and oxygen atoms in total. The Balaban J connectivity index is 1.71. The third-order valence-corrected chi connectivity index (χ3v) is 5.03. The molecule has 0 amide bonds. The number of nitrogens with zero attached hydrogens (tertiary/aromatic N) is 2. The Hall–Kier alpha value is -3.56. The molecule has 0 fully saturated rings. The van der Waals surface area contributed by atoms with E-state index in [1.165, 1.54) is 24.2 Å². The van der Waals surface area contributed by atoms with E-state index in [1.807, 2.05) is 24.3 Å². The van der Waals surface area contributed by atoms with E-state index in [9.17, 15) is 4.39 Å². The molecule has 0 saturated heterocycles. The molecule has 3 rings (SSSR count). The third-order valence-electron chi connectivity index (χ3n) is 4.93. The van der Waals surface area contributed by atoms with Crippen LogP contribution in [0.25, 0.3) is 11.1 Å². The Morgan fingerprint density at radius 3 is 2.29 bits per heavy atom. The predicted octanol–water partition coefficient (Wildman–Crippen LogP) is 6.29. The van der Waals surface area contributed by atoms with Gasteiger partial charge in [-0.1, -0.05) is 68.5 Å². The van der Waals surface area contributed by atoms with Gasteiger partial charge in [-0.05, 0) is 59.3 Å². The minimum absolute atomic E-state index is 0.213. The van der Waals surface area contributed by atoms with Crippen molar-refractivity contribution in [3.63, 3.8) is 0 Å². The normalized spacial score (nSPS) is 10.7. The Kier molecular flexibility index (Phi) is 7.85. The van der Waals surface area contributed by atoms with Crippen molar-refractivity contribution in [2.45, 2.75) is 26.7 Å². The van der Waals surface area contributed by atoms with Crippen molar-refractivity contribution in [2.75, 3.05) is 0 Å². The van der Waals surface area contributed by atoms with Gasteiger partial charge in [0.15, 0.2) is 0 Å². The molecule has 0 aliphatic carbocycles. The van der Waals surface area contributed by atoms with Crippen LogP contribution in [0.2, 0.25) is 0 Å². The largest absolute Gasteiger partial charge is 0.246 e. The second-order valence-electron chi connectivity index (χ2n) is 7.23. The number of halogens is 1. The first-order chi connectivity index (χ1) is 15.1. The summed E-state index contributed by atoms with van der Waals surface area (Å²) < 4.78 is 14.2. The smallest absolute Gasteiger partial charge is 0.143 e. The van der Waals surface area contributed by atoms with Crippen molar-refractivity contribution in [1.82, 2.24) is 4.98 Å². The van der Waals surface area contributed by atoms with Crippen LogP contribution in [0, 0.1) is 35.5 Å². The zero-order valence-corrected chi connectivity index (χ0v) is 18.3. The van der Waals surface area contributed by atoms with Crippen molar-refractivity contribution >= 4 is 17.4 Å². The highest BCUT2D eigenvalue weighted by molar-refractivity contribution is 7.78. The third kappa shape index (κ3) is 6.46. The summed E-state index contributed by atoms with van der Waals surface area (Å²) in [5.41, 5.74) is 4.92. The maximum atomic E-state index is 14.2. The number of thiocarbonyl (C=S) groups is 1. The lowest BCUT2D eigenvalue weighted by molar-refractivity contribution is 0.560. The van der Waals surface area contributed by atoms with Crippen LogP contribution in [0.3, 0.4) is 0 Å². The number of benzene rings is 2. The number of hydrogen-bond donors (Lipinski definition) is 0. The molecule has 31 heavy (non-hydrogen) atoms. The van der Waals surface area contributed by atoms with Gasteiger partial charge >= 0.3 is 0 Å². The fourth-order valence-electron chi connectivity index (χ4n) is 2.96. The van der Waals surface area contributed by atoms with E-state index >= 15 is 0 Å². The van der Waals surface area contributed by atoms with Crippen molar-refractivity contribution in [2.24, 2.45) is 10.9 Å². The van der Waals surface area contributed by atoms with E-state index in [0.717, 1.165) is 23.1 Å². The first-order valence-electron chi connectivity index (χ1n) is 10.0. The van der Waals surface area contributed by atoms with Crippen LogP contribution in [0.5, 0.6) is 0 Å². The number of hydrogen-bond acceptors (Lipinski definition) is 3. The van der Waals surface area contributed by atoms with E-state index in [-0.39, 0.29) is 11.3 Å². The summed E-state index contributed by atoms with van der Waals surface area (Å²) in [5.74, 6) is 8.60. The van der Waals surface area contributed by atoms with Gasteiger partial charge in [0.2, 0.25) is 0 Å². The zero-order chi connectivity index (χ0) is 22.1. The monoisotopic (exact) mass is 424 g/mol. The maximum absolute atomic E-state index is 14.2. The first-order valence-corrected chi connectivity index (χ1v) is 10.4. The molecule has 3 aromatic rings. The second-order valence-corrected chi connectivity index (χ2v) is 7.41. The van der Waals surface area contributed by atoms with Gasteiger partial charge in [0.25, 0.3) is 0 Å². The fraction of sp³-hybridized carbons (Fsp3) is 0.185. The minimum atomic E-state index is -0.479. The Bertz CT molecular complexity index is 1220. The molecule has 1 aromatic heterocycles. The van der Waals surface area contributed by atoms with Gasteiger partial charge in [-0.2, -0.15) is 0 Å². The summed E-state index contributed by atoms with van der Waals surface area (Å²) in [7, 11) is 0. The second kappa shape index (κ2) is 11.0. The number of isothiocyanates is 1. The van der Waals surface area contributed by atoms with E-state index in [0.29, 0.717) is 5.92 Å². The van der Waals surface area contributed by atoms with Gasteiger partial charge in [-0.15, -0.1) is 4.99 Å². The molecule has 0 saturated carbocycles. The maximum Gasteiger partial charge on any atom is 0.143 e. The average molecular weight is 425 g/mol. The molecule has 0 aliphatic heterocycles. The Labute approximate surface area is 188 Å². The van der Waals surface area contributed by atoms with Gasteiger partial charge in [-0.25, -0.2) is 9.37 Å². The molecule has 152 valence electrons. The summed E-state index contributed by atoms with van der Waals surface area (Å²) in [4.78, 5) is 7.53. The summed E-state index contributed by atoms with van der Waals surface area (Å²) in [6.45, 7) is 4.49. The lowest BCUT2D eigenvalue weighted by Gasteiger charge is -2.09. The van der Waals surface area contributed by atoms with Gasteiger partial charge in [0.05, 0.1) is 16.8 Å². The highest BCUT2D eigenvalue weighted by atomic mass is 32.1. The van der Waals surface area contributed by atoms with E-state index in [4.69, 9.17) is 0 Å². The standard InChI is InChI=1S/C27H21FN2S/c1-3-20(2)16-22-7-11-24(12-8-22)23-9-4-21(5-10-23)6-13-25-18-30-26(17-27(25)28)14-15-29-19-31/h4-5,7-12,17-18,20H,3,16H2,1-2H3. The van der Waals surface area contributed by atoms with Gasteiger partial charge in [-0.3, -0.25) is 0 Å². The summed E-state index contributed by atoms with van der Waals surface area (Å²) in [6.07, 6.45) is 3.65. The molecule has 2 aromatic carbocycles. The van der Waals surface area contributed by atoms with Crippen molar-refractivity contribution in [3.8, 4) is 34.9 Å². The van der Waals surface area contributed by atoms with Gasteiger partial charge < -0.3 is 0 Å². The lowest BCUT2D eigenvalue weighted by atomic mass is 9.96. The molecule has 1 atom stereocenters. The fourth-order valence-corrected chi connectivity index (χ4v) is 3.01. The summed E-state index contributed by atoms with van der Waals surface area (Å²) in [6, 6.07) is 20.2. The summed E-state index contributed by atoms with van der Waals surface area (Å²) in [5, 5.41) is 2.12. The molecule has 0 spiro atoms. The van der Waals surface area contributed by atoms with E-state index in [1.54, 1.807) is 0 Å². The molecule has 0 aliphatic rings. The SMILES string of the molecule is CCC(C)Cc1ccc(-c2ccc(C#Cc3cnc(C#CN=C=S)cc3F)cc2)cc1. The van der Waals surface area contributed by atoms with Gasteiger partial charge in [0.1, 0.15) is 11.5 Å². The molecule has 0 radical (unpaired) electrons. The zero-order valence-electron chi connectivity index (χ0n) is 17.4. The highest BCUT2D eigenvalue weighted by Gasteiger charge is 2.03. The van der Waals surface area contributed by atoms with Crippen LogP contribution in [-0.4, -0.2) is 10.1 Å². The van der Waals surface area contributed by atoms with Gasteiger partial charge in [0, 0.05) is 17.8 Å². The van der Waals surface area contributed by atoms with Crippen molar-refractivity contribution in [3.05, 3.63) is 89.0 Å². The molecular formula is C27H21FN2S. The van der Waals surface area contributed by atoms with Crippen molar-refractivity contribution < 1.29 is 4.39 Å². The topological polar surface area (TPSA) is 25.2 Å². The van der Waals surface area contributed by atoms with Crippen LogP contribution in [0.4, 0.5) is 4.39 Å². The molecule has 4 heteroatoms. The lowest BCUT2D eigenvalue weighted by Crippen LogP contribution is -1.97.